The van der Waals surface area contributed by atoms with Gasteiger partial charge in [0.05, 0.1) is 11.4 Å². The molecule has 26 heteroatoms. The standard InChI is InChI=1S/C27H16F22N2O2/c1-19(2,9-3-5-13(11(50)7-9)52-17(30)15(28)20(32,33)22(36,37)24(40,41)26(44,45)46)10-4-6-14(12(51)8-10)53-18(31)16(29)21(34,35)23(38,39)25(42,43)27(47,48)49/h3-8H,50-51H2,1-2H3. The third-order valence-corrected chi connectivity index (χ3v) is 7.05. The predicted octanol–water partition coefficient (Wildman–Crippen LogP) is 11.1. The van der Waals surface area contributed by atoms with Gasteiger partial charge >= 0.3 is 59.9 Å². The molecule has 0 aliphatic carbocycles. The molecule has 2 aromatic carbocycles. The van der Waals surface area contributed by atoms with Gasteiger partial charge in [0.2, 0.25) is 11.7 Å². The van der Waals surface area contributed by atoms with Crippen LogP contribution < -0.4 is 20.9 Å². The van der Waals surface area contributed by atoms with Crippen molar-refractivity contribution in [1.82, 2.24) is 0 Å². The van der Waals surface area contributed by atoms with Crippen molar-refractivity contribution in [2.24, 2.45) is 0 Å². The van der Waals surface area contributed by atoms with Crippen molar-refractivity contribution in [2.45, 2.75) is 67.2 Å². The Hall–Kier alpha value is -4.42. The van der Waals surface area contributed by atoms with E-state index in [2.05, 4.69) is 9.47 Å². The molecule has 300 valence electrons. The van der Waals surface area contributed by atoms with Crippen LogP contribution in [0.25, 0.3) is 0 Å². The molecule has 0 heterocycles. The van der Waals surface area contributed by atoms with Crippen LogP contribution in [-0.2, 0) is 5.41 Å². The van der Waals surface area contributed by atoms with Crippen molar-refractivity contribution in [3.8, 4) is 11.5 Å². The molecular formula is C27H16F22N2O2. The van der Waals surface area contributed by atoms with Gasteiger partial charge < -0.3 is 20.9 Å². The zero-order valence-electron chi connectivity index (χ0n) is 25.3. The molecule has 0 saturated carbocycles. The van der Waals surface area contributed by atoms with Crippen LogP contribution in [-0.4, -0.2) is 47.9 Å². The van der Waals surface area contributed by atoms with Gasteiger partial charge in [-0.3, -0.25) is 0 Å². The third-order valence-electron chi connectivity index (χ3n) is 7.05. The first-order chi connectivity index (χ1) is 23.4. The molecular weight excluding hydrogens is 802 g/mol. The summed E-state index contributed by atoms with van der Waals surface area (Å²) in [7, 11) is 0. The highest BCUT2D eigenvalue weighted by Gasteiger charge is 2.84. The number of rotatable bonds is 12. The fraction of sp³-hybridized carbons (Fsp3) is 0.407. The highest BCUT2D eigenvalue weighted by Crippen LogP contribution is 2.57. The van der Waals surface area contributed by atoms with Crippen LogP contribution in [0.4, 0.5) is 108 Å². The Labute approximate surface area is 279 Å². The Morgan fingerprint density at radius 1 is 0.453 bits per heavy atom. The first kappa shape index (κ1) is 44.7. The number of nitrogen functional groups attached to an aromatic ring is 2. The Bertz CT molecular complexity index is 1630. The molecule has 0 radical (unpaired) electrons. The molecule has 0 atom stereocenters. The van der Waals surface area contributed by atoms with E-state index < -0.39 is 99.9 Å². The lowest BCUT2D eigenvalue weighted by atomic mass is 9.78. The molecule has 4 N–H and O–H groups in total. The van der Waals surface area contributed by atoms with Crippen molar-refractivity contribution >= 4 is 11.4 Å². The van der Waals surface area contributed by atoms with Crippen molar-refractivity contribution in [3.05, 3.63) is 71.2 Å². The van der Waals surface area contributed by atoms with E-state index in [9.17, 15) is 96.6 Å². The van der Waals surface area contributed by atoms with Gasteiger partial charge in [0.15, 0.2) is 11.5 Å². The summed E-state index contributed by atoms with van der Waals surface area (Å²) >= 11 is 0. The van der Waals surface area contributed by atoms with Gasteiger partial charge in [0.1, 0.15) is 0 Å². The maximum Gasteiger partial charge on any atom is 0.460 e. The Kier molecular flexibility index (Phi) is 11.4. The predicted molar refractivity (Wildman–Crippen MR) is 135 cm³/mol. The average Bonchev–Trinajstić information content (AvgIpc) is 3.00. The average molecular weight is 818 g/mol. The van der Waals surface area contributed by atoms with E-state index >= 15 is 0 Å². The van der Waals surface area contributed by atoms with Gasteiger partial charge in [-0.05, 0) is 35.4 Å². The summed E-state index contributed by atoms with van der Waals surface area (Å²) in [6, 6.07) is -2.79. The normalized spacial score (nSPS) is 15.5. The largest absolute Gasteiger partial charge is 0.460 e. The van der Waals surface area contributed by atoms with E-state index in [1.807, 2.05) is 0 Å². The van der Waals surface area contributed by atoms with Crippen LogP contribution in [0.1, 0.15) is 25.0 Å². The second kappa shape index (κ2) is 13.5. The summed E-state index contributed by atoms with van der Waals surface area (Å²) in [5.74, 6) is -55.6. The van der Waals surface area contributed by atoms with Crippen LogP contribution in [0.15, 0.2) is 60.1 Å². The molecule has 0 aromatic heterocycles. The van der Waals surface area contributed by atoms with E-state index in [1.165, 1.54) is 13.8 Å². The van der Waals surface area contributed by atoms with Gasteiger partial charge in [-0.15, -0.1) is 0 Å². The van der Waals surface area contributed by atoms with E-state index in [0.29, 0.717) is 12.1 Å². The Morgan fingerprint density at radius 3 is 0.943 bits per heavy atom. The smallest absolute Gasteiger partial charge is 0.427 e. The molecule has 0 saturated heterocycles. The van der Waals surface area contributed by atoms with E-state index in [-0.39, 0.29) is 11.1 Å². The minimum Gasteiger partial charge on any atom is -0.427 e. The van der Waals surface area contributed by atoms with E-state index in [4.69, 9.17) is 11.5 Å². The fourth-order valence-electron chi connectivity index (χ4n) is 3.78. The number of hydrogen-bond donors (Lipinski definition) is 2. The number of hydrogen-bond acceptors (Lipinski definition) is 4. The minimum absolute atomic E-state index is 0.105. The molecule has 0 aliphatic heterocycles. The molecule has 0 unspecified atom stereocenters. The lowest BCUT2D eigenvalue weighted by Crippen LogP contribution is -2.61. The molecule has 0 aliphatic rings. The van der Waals surface area contributed by atoms with Gasteiger partial charge in [0, 0.05) is 5.41 Å². The first-order valence-corrected chi connectivity index (χ1v) is 13.0. The van der Waals surface area contributed by atoms with Crippen molar-refractivity contribution in [1.29, 1.82) is 0 Å². The number of nitrogens with two attached hydrogens (primary N) is 2. The fourth-order valence-corrected chi connectivity index (χ4v) is 3.78. The monoisotopic (exact) mass is 818 g/mol. The van der Waals surface area contributed by atoms with Crippen LogP contribution in [0, 0.1) is 0 Å². The topological polar surface area (TPSA) is 70.5 Å². The number of alkyl halides is 18. The highest BCUT2D eigenvalue weighted by atomic mass is 19.4. The van der Waals surface area contributed by atoms with E-state index in [1.54, 1.807) is 0 Å². The number of halogens is 22. The van der Waals surface area contributed by atoms with Crippen LogP contribution in [0.3, 0.4) is 0 Å². The lowest BCUT2D eigenvalue weighted by molar-refractivity contribution is -0.392. The molecule has 53 heavy (non-hydrogen) atoms. The minimum atomic E-state index is -7.60. The summed E-state index contributed by atoms with van der Waals surface area (Å²) in [6.45, 7) is 2.48. The van der Waals surface area contributed by atoms with Gasteiger partial charge in [-0.25, -0.2) is 0 Å². The summed E-state index contributed by atoms with van der Waals surface area (Å²) in [6.07, 6.45) is -14.7. The SMILES string of the molecule is CC(C)(c1ccc(OC(F)=C(F)C(F)(F)C(F)(F)C(F)(F)C(F)(F)F)c(N)c1)c1ccc(OC(F)=C(F)C(F)(F)C(F)(F)C(F)(F)C(F)(F)F)c(N)c1. The lowest BCUT2D eigenvalue weighted by Gasteiger charge is -2.32. The van der Waals surface area contributed by atoms with Crippen molar-refractivity contribution in [2.75, 3.05) is 11.5 Å². The number of anilines is 2. The van der Waals surface area contributed by atoms with Crippen molar-refractivity contribution in [3.63, 3.8) is 0 Å². The maximum atomic E-state index is 14.1. The summed E-state index contributed by atoms with van der Waals surface area (Å²) in [4.78, 5) is 0. The second-order valence-corrected chi connectivity index (χ2v) is 11.0. The molecule has 0 bridgehead atoms. The highest BCUT2D eigenvalue weighted by molar-refractivity contribution is 5.60. The summed E-state index contributed by atoms with van der Waals surface area (Å²) in [5.41, 5.74) is 7.52. The van der Waals surface area contributed by atoms with Gasteiger partial charge in [-0.1, -0.05) is 26.0 Å². The molecule has 0 spiro atoms. The quantitative estimate of drug-likeness (QED) is 0.127. The Balaban J connectivity index is 2.43. The number of benzene rings is 2. The molecule has 0 amide bonds. The maximum absolute atomic E-state index is 14.1. The number of allylic oxidation sites excluding steroid dienone is 2. The zero-order chi connectivity index (χ0) is 41.9. The van der Waals surface area contributed by atoms with Gasteiger partial charge in [-0.2, -0.15) is 96.6 Å². The second-order valence-electron chi connectivity index (χ2n) is 11.0. The molecule has 4 nitrogen and oxygen atoms in total. The first-order valence-electron chi connectivity index (χ1n) is 13.0. The zero-order valence-corrected chi connectivity index (χ0v) is 25.3. The Morgan fingerprint density at radius 2 is 0.717 bits per heavy atom. The molecule has 2 aromatic rings. The number of ether oxygens (including phenoxy) is 2. The third kappa shape index (κ3) is 7.40. The summed E-state index contributed by atoms with van der Waals surface area (Å²) < 4.78 is 298. The molecule has 2 rings (SSSR count). The summed E-state index contributed by atoms with van der Waals surface area (Å²) in [5, 5.41) is 0. The van der Waals surface area contributed by atoms with Crippen LogP contribution in [0.2, 0.25) is 0 Å². The molecule has 0 fully saturated rings. The van der Waals surface area contributed by atoms with Crippen LogP contribution >= 0.6 is 0 Å². The van der Waals surface area contributed by atoms with Crippen molar-refractivity contribution < 1.29 is 106 Å². The van der Waals surface area contributed by atoms with Crippen LogP contribution in [0.5, 0.6) is 11.5 Å². The van der Waals surface area contributed by atoms with Gasteiger partial charge in [0.25, 0.3) is 0 Å². The van der Waals surface area contributed by atoms with E-state index in [0.717, 1.165) is 24.3 Å².